The van der Waals surface area contributed by atoms with Gasteiger partial charge in [-0.15, -0.1) is 0 Å². The van der Waals surface area contributed by atoms with Crippen LogP contribution in [0, 0.1) is 10.1 Å². The first kappa shape index (κ1) is 14.5. The van der Waals surface area contributed by atoms with Crippen LogP contribution in [-0.4, -0.2) is 42.3 Å². The van der Waals surface area contributed by atoms with E-state index >= 15 is 0 Å². The van der Waals surface area contributed by atoms with Crippen molar-refractivity contribution in [1.29, 1.82) is 0 Å². The standard InChI is InChI=1S/C13H20N4O3/c1-3-10-9-20-6-5-16(10)13-8-11(17(18)19)7-12(15-13)14-4-2/h7-8,10H,3-6,9H2,1-2H3,(H,14,15). The van der Waals surface area contributed by atoms with Gasteiger partial charge in [0, 0.05) is 13.1 Å². The fraction of sp³-hybridized carbons (Fsp3) is 0.615. The van der Waals surface area contributed by atoms with Gasteiger partial charge in [-0.25, -0.2) is 4.98 Å². The van der Waals surface area contributed by atoms with Crippen molar-refractivity contribution in [1.82, 2.24) is 4.98 Å². The van der Waals surface area contributed by atoms with E-state index in [1.165, 1.54) is 12.1 Å². The molecule has 110 valence electrons. The second-order valence-electron chi connectivity index (χ2n) is 4.69. The van der Waals surface area contributed by atoms with Gasteiger partial charge >= 0.3 is 0 Å². The van der Waals surface area contributed by atoms with Gasteiger partial charge in [0.05, 0.1) is 36.3 Å². The van der Waals surface area contributed by atoms with E-state index in [1.54, 1.807) is 0 Å². The van der Waals surface area contributed by atoms with E-state index in [1.807, 2.05) is 6.92 Å². The Morgan fingerprint density at radius 1 is 1.55 bits per heavy atom. The smallest absolute Gasteiger partial charge is 0.276 e. The number of nitrogens with one attached hydrogen (secondary N) is 1. The van der Waals surface area contributed by atoms with Crippen molar-refractivity contribution < 1.29 is 9.66 Å². The molecule has 0 saturated carbocycles. The van der Waals surface area contributed by atoms with Gasteiger partial charge in [-0.2, -0.15) is 0 Å². The van der Waals surface area contributed by atoms with Crippen molar-refractivity contribution in [2.24, 2.45) is 0 Å². The molecule has 0 aromatic carbocycles. The Bertz CT molecular complexity index is 481. The lowest BCUT2D eigenvalue weighted by Gasteiger charge is -2.36. The summed E-state index contributed by atoms with van der Waals surface area (Å²) in [6.45, 7) is 6.65. The zero-order valence-corrected chi connectivity index (χ0v) is 11.8. The lowest BCUT2D eigenvalue weighted by molar-refractivity contribution is -0.384. The Morgan fingerprint density at radius 2 is 2.35 bits per heavy atom. The molecule has 2 rings (SSSR count). The number of hydrogen-bond acceptors (Lipinski definition) is 6. The van der Waals surface area contributed by atoms with E-state index in [0.29, 0.717) is 37.9 Å². The second-order valence-corrected chi connectivity index (χ2v) is 4.69. The van der Waals surface area contributed by atoms with E-state index in [0.717, 1.165) is 6.42 Å². The molecule has 1 fully saturated rings. The van der Waals surface area contributed by atoms with Crippen LogP contribution in [0.3, 0.4) is 0 Å². The molecule has 0 spiro atoms. The van der Waals surface area contributed by atoms with Crippen LogP contribution >= 0.6 is 0 Å². The molecule has 1 unspecified atom stereocenters. The number of nitro groups is 1. The molecule has 7 heteroatoms. The van der Waals surface area contributed by atoms with Gasteiger partial charge in [-0.1, -0.05) is 6.92 Å². The van der Waals surface area contributed by atoms with Crippen LogP contribution in [0.25, 0.3) is 0 Å². The summed E-state index contributed by atoms with van der Waals surface area (Å²) in [5, 5.41) is 14.1. The summed E-state index contributed by atoms with van der Waals surface area (Å²) in [4.78, 5) is 17.2. The van der Waals surface area contributed by atoms with Crippen LogP contribution < -0.4 is 10.2 Å². The third kappa shape index (κ3) is 3.16. The zero-order valence-electron chi connectivity index (χ0n) is 11.8. The molecule has 0 aliphatic carbocycles. The van der Waals surface area contributed by atoms with E-state index < -0.39 is 0 Å². The van der Waals surface area contributed by atoms with E-state index in [4.69, 9.17) is 4.74 Å². The van der Waals surface area contributed by atoms with Crippen LogP contribution in [0.2, 0.25) is 0 Å². The molecular weight excluding hydrogens is 260 g/mol. The van der Waals surface area contributed by atoms with Crippen LogP contribution in [0.1, 0.15) is 20.3 Å². The minimum Gasteiger partial charge on any atom is -0.377 e. The molecule has 0 amide bonds. The van der Waals surface area contributed by atoms with Crippen LogP contribution in [0.15, 0.2) is 12.1 Å². The number of aromatic nitrogens is 1. The first-order valence-corrected chi connectivity index (χ1v) is 6.90. The molecule has 0 bridgehead atoms. The summed E-state index contributed by atoms with van der Waals surface area (Å²) in [5.74, 6) is 1.18. The number of pyridine rings is 1. The van der Waals surface area contributed by atoms with Gasteiger partial charge in [-0.3, -0.25) is 10.1 Å². The average Bonchev–Trinajstić information content (AvgIpc) is 2.47. The number of morpholine rings is 1. The van der Waals surface area contributed by atoms with Gasteiger partial charge in [-0.05, 0) is 13.3 Å². The van der Waals surface area contributed by atoms with Crippen LogP contribution in [0.5, 0.6) is 0 Å². The Morgan fingerprint density at radius 3 is 3.00 bits per heavy atom. The number of ether oxygens (including phenoxy) is 1. The van der Waals surface area contributed by atoms with Gasteiger partial charge in [0.2, 0.25) is 0 Å². The highest BCUT2D eigenvalue weighted by Gasteiger charge is 2.24. The average molecular weight is 280 g/mol. The molecule has 1 aromatic rings. The second kappa shape index (κ2) is 6.51. The zero-order chi connectivity index (χ0) is 14.5. The first-order valence-electron chi connectivity index (χ1n) is 6.90. The SMILES string of the molecule is CCNc1cc([N+](=O)[O-])cc(N2CCOCC2CC)n1. The minimum atomic E-state index is -0.382. The molecule has 2 heterocycles. The predicted octanol–water partition coefficient (Wildman–Crippen LogP) is 2.04. The third-order valence-electron chi connectivity index (χ3n) is 3.36. The molecule has 20 heavy (non-hydrogen) atoms. The molecule has 1 saturated heterocycles. The van der Waals surface area contributed by atoms with E-state index in [2.05, 4.69) is 22.1 Å². The normalized spacial score (nSPS) is 18.9. The maximum atomic E-state index is 11.1. The molecule has 1 aliphatic rings. The lowest BCUT2D eigenvalue weighted by Crippen LogP contribution is -2.45. The highest BCUT2D eigenvalue weighted by molar-refractivity contribution is 5.56. The fourth-order valence-corrected chi connectivity index (χ4v) is 2.32. The molecule has 1 aromatic heterocycles. The van der Waals surface area contributed by atoms with Gasteiger partial charge in [0.1, 0.15) is 11.6 Å². The highest BCUT2D eigenvalue weighted by Crippen LogP contribution is 2.26. The molecule has 7 nitrogen and oxygen atoms in total. The van der Waals surface area contributed by atoms with E-state index in [-0.39, 0.29) is 16.7 Å². The predicted molar refractivity (Wildman–Crippen MR) is 77.3 cm³/mol. The molecule has 1 aliphatic heterocycles. The maximum Gasteiger partial charge on any atom is 0.276 e. The van der Waals surface area contributed by atoms with Crippen molar-refractivity contribution in [2.75, 3.05) is 36.5 Å². The van der Waals surface area contributed by atoms with Gasteiger partial charge in [0.25, 0.3) is 5.69 Å². The summed E-state index contributed by atoms with van der Waals surface area (Å²) in [5.41, 5.74) is 0.0623. The summed E-state index contributed by atoms with van der Waals surface area (Å²) in [7, 11) is 0. The lowest BCUT2D eigenvalue weighted by atomic mass is 10.1. The van der Waals surface area contributed by atoms with Crippen molar-refractivity contribution in [3.05, 3.63) is 22.2 Å². The van der Waals surface area contributed by atoms with Crippen molar-refractivity contribution >= 4 is 17.3 Å². The van der Waals surface area contributed by atoms with Gasteiger partial charge < -0.3 is 15.0 Å². The first-order chi connectivity index (χ1) is 9.65. The number of anilines is 2. The number of hydrogen-bond donors (Lipinski definition) is 1. The maximum absolute atomic E-state index is 11.1. The Balaban J connectivity index is 2.35. The summed E-state index contributed by atoms with van der Waals surface area (Å²) >= 11 is 0. The summed E-state index contributed by atoms with van der Waals surface area (Å²) < 4.78 is 5.46. The fourth-order valence-electron chi connectivity index (χ4n) is 2.32. The third-order valence-corrected chi connectivity index (χ3v) is 3.36. The quantitative estimate of drug-likeness (QED) is 0.656. The van der Waals surface area contributed by atoms with E-state index in [9.17, 15) is 10.1 Å². The van der Waals surface area contributed by atoms with Crippen molar-refractivity contribution in [3.63, 3.8) is 0 Å². The number of rotatable bonds is 5. The summed E-state index contributed by atoms with van der Waals surface area (Å²) in [6, 6.07) is 3.22. The topological polar surface area (TPSA) is 80.5 Å². The van der Waals surface area contributed by atoms with Gasteiger partial charge in [0.15, 0.2) is 0 Å². The molecular formula is C13H20N4O3. The molecule has 0 radical (unpaired) electrons. The monoisotopic (exact) mass is 280 g/mol. The Hall–Kier alpha value is -1.89. The van der Waals surface area contributed by atoms with Crippen molar-refractivity contribution in [3.8, 4) is 0 Å². The minimum absolute atomic E-state index is 0.0623. The van der Waals surface area contributed by atoms with Crippen molar-refractivity contribution in [2.45, 2.75) is 26.3 Å². The molecule has 1 atom stereocenters. The Kier molecular flexibility index (Phi) is 4.73. The molecule has 1 N–H and O–H groups in total. The Labute approximate surface area is 118 Å². The highest BCUT2D eigenvalue weighted by atomic mass is 16.6. The van der Waals surface area contributed by atoms with Crippen LogP contribution in [-0.2, 0) is 4.74 Å². The number of nitrogens with zero attached hydrogens (tertiary/aromatic N) is 3. The van der Waals surface area contributed by atoms with Crippen LogP contribution in [0.4, 0.5) is 17.3 Å². The largest absolute Gasteiger partial charge is 0.377 e. The summed E-state index contributed by atoms with van der Waals surface area (Å²) in [6.07, 6.45) is 0.918.